The molecule has 0 spiro atoms. The van der Waals surface area contributed by atoms with Crippen molar-refractivity contribution < 1.29 is 13.9 Å². The first-order valence-electron chi connectivity index (χ1n) is 6.88. The molecule has 0 radical (unpaired) electrons. The van der Waals surface area contributed by atoms with Crippen molar-refractivity contribution in [3.05, 3.63) is 17.3 Å². The van der Waals surface area contributed by atoms with Gasteiger partial charge in [0, 0.05) is 11.8 Å². The minimum Gasteiger partial charge on any atom is -0.460 e. The molecule has 1 heterocycles. The van der Waals surface area contributed by atoms with E-state index in [-0.39, 0.29) is 5.97 Å². The van der Waals surface area contributed by atoms with Crippen LogP contribution in [0.5, 0.6) is 0 Å². The molecule has 18 heavy (non-hydrogen) atoms. The molecule has 4 nitrogen and oxygen atoms in total. The molecule has 1 aromatic rings. The van der Waals surface area contributed by atoms with Crippen LogP contribution in [0.4, 0.5) is 0 Å². The first-order valence-corrected chi connectivity index (χ1v) is 6.88. The molecule has 1 atom stereocenters. The van der Waals surface area contributed by atoms with E-state index < -0.39 is 0 Å². The predicted molar refractivity (Wildman–Crippen MR) is 65.6 cm³/mol. The number of esters is 1. The molecule has 3 rings (SSSR count). The summed E-state index contributed by atoms with van der Waals surface area (Å²) >= 11 is 0. The maximum Gasteiger partial charge on any atom is 0.376 e. The summed E-state index contributed by atoms with van der Waals surface area (Å²) in [6, 6.07) is 0. The van der Waals surface area contributed by atoms with Crippen molar-refractivity contribution in [1.29, 1.82) is 0 Å². The van der Waals surface area contributed by atoms with Crippen LogP contribution < -0.4 is 0 Å². The van der Waals surface area contributed by atoms with Crippen molar-refractivity contribution in [3.8, 4) is 0 Å². The lowest BCUT2D eigenvalue weighted by Crippen LogP contribution is -2.05. The fourth-order valence-electron chi connectivity index (χ4n) is 2.32. The number of rotatable bonds is 5. The van der Waals surface area contributed by atoms with Gasteiger partial charge in [0.2, 0.25) is 5.76 Å². The summed E-state index contributed by atoms with van der Waals surface area (Å²) in [7, 11) is 0. The third-order valence-electron chi connectivity index (χ3n) is 3.81. The Morgan fingerprint density at radius 1 is 1.44 bits per heavy atom. The third kappa shape index (κ3) is 2.16. The second-order valence-electron chi connectivity index (χ2n) is 5.39. The molecule has 2 aliphatic rings. The largest absolute Gasteiger partial charge is 0.460 e. The van der Waals surface area contributed by atoms with Gasteiger partial charge in [0.1, 0.15) is 0 Å². The molecule has 4 heteroatoms. The van der Waals surface area contributed by atoms with Crippen LogP contribution in [0.3, 0.4) is 0 Å². The zero-order valence-corrected chi connectivity index (χ0v) is 10.9. The lowest BCUT2D eigenvalue weighted by atomic mass is 10.1. The van der Waals surface area contributed by atoms with Crippen molar-refractivity contribution in [3.63, 3.8) is 0 Å². The lowest BCUT2D eigenvalue weighted by Gasteiger charge is -2.03. The van der Waals surface area contributed by atoms with Crippen molar-refractivity contribution in [1.82, 2.24) is 4.98 Å². The maximum atomic E-state index is 11.9. The van der Waals surface area contributed by atoms with Crippen molar-refractivity contribution in [2.45, 2.75) is 51.4 Å². The Labute approximate surface area is 107 Å². The zero-order valence-electron chi connectivity index (χ0n) is 10.9. The van der Waals surface area contributed by atoms with E-state index in [1.807, 2.05) is 0 Å². The molecule has 2 fully saturated rings. The summed E-state index contributed by atoms with van der Waals surface area (Å²) in [6.45, 7) is 4.31. The van der Waals surface area contributed by atoms with Gasteiger partial charge in [0.05, 0.1) is 12.3 Å². The van der Waals surface area contributed by atoms with E-state index in [9.17, 15) is 4.79 Å². The third-order valence-corrected chi connectivity index (χ3v) is 3.81. The summed E-state index contributed by atoms with van der Waals surface area (Å²) in [5.74, 6) is 2.13. The highest BCUT2D eigenvalue weighted by atomic mass is 16.5. The highest BCUT2D eigenvalue weighted by Gasteiger charge is 2.38. The van der Waals surface area contributed by atoms with Crippen LogP contribution in [0.25, 0.3) is 0 Å². The number of nitrogens with zero attached hydrogens (tertiary/aromatic N) is 1. The molecular weight excluding hydrogens is 230 g/mol. The van der Waals surface area contributed by atoms with Gasteiger partial charge in [-0.15, -0.1) is 0 Å². The van der Waals surface area contributed by atoms with Crippen LogP contribution >= 0.6 is 0 Å². The summed E-state index contributed by atoms with van der Waals surface area (Å²) in [4.78, 5) is 16.4. The molecule has 98 valence electrons. The van der Waals surface area contributed by atoms with E-state index in [1.165, 1.54) is 12.8 Å². The molecule has 0 amide bonds. The predicted octanol–water partition coefficient (Wildman–Crippen LogP) is 3.24. The Morgan fingerprint density at radius 2 is 2.17 bits per heavy atom. The van der Waals surface area contributed by atoms with Crippen LogP contribution in [-0.2, 0) is 4.74 Å². The summed E-state index contributed by atoms with van der Waals surface area (Å²) in [5, 5.41) is 0. The quantitative estimate of drug-likeness (QED) is 0.752. The van der Waals surface area contributed by atoms with Gasteiger partial charge in [0.25, 0.3) is 0 Å². The molecule has 0 N–H and O–H groups in total. The standard InChI is InChI=1S/C14H19NO3/c1-3-17-14(16)12-11(10-6-7-10)15-13(18-12)8(2)9-4-5-9/h8-10H,3-7H2,1-2H3. The maximum absolute atomic E-state index is 11.9. The van der Waals surface area contributed by atoms with E-state index in [0.29, 0.717) is 30.1 Å². The zero-order chi connectivity index (χ0) is 12.7. The van der Waals surface area contributed by atoms with Crippen LogP contribution in [-0.4, -0.2) is 17.6 Å². The average Bonchev–Trinajstić information content (AvgIpc) is 3.25. The second-order valence-corrected chi connectivity index (χ2v) is 5.39. The highest BCUT2D eigenvalue weighted by Crippen LogP contribution is 2.45. The monoisotopic (exact) mass is 249 g/mol. The number of aromatic nitrogens is 1. The Bertz CT molecular complexity index is 458. The molecular formula is C14H19NO3. The molecule has 0 aromatic carbocycles. The Balaban J connectivity index is 1.87. The van der Waals surface area contributed by atoms with Crippen molar-refractivity contribution >= 4 is 5.97 Å². The second kappa shape index (κ2) is 4.41. The van der Waals surface area contributed by atoms with Gasteiger partial charge in [0.15, 0.2) is 5.89 Å². The fraction of sp³-hybridized carbons (Fsp3) is 0.714. The smallest absolute Gasteiger partial charge is 0.376 e. The number of hydrogen-bond donors (Lipinski definition) is 0. The normalized spacial score (nSPS) is 20.8. The lowest BCUT2D eigenvalue weighted by molar-refractivity contribution is 0.0485. The van der Waals surface area contributed by atoms with Crippen LogP contribution in [0.15, 0.2) is 4.42 Å². The fourth-order valence-corrected chi connectivity index (χ4v) is 2.32. The minimum absolute atomic E-state index is 0.325. The van der Waals surface area contributed by atoms with Gasteiger partial charge < -0.3 is 9.15 Å². The van der Waals surface area contributed by atoms with E-state index in [1.54, 1.807) is 6.92 Å². The molecule has 1 unspecified atom stereocenters. The number of oxazole rings is 1. The van der Waals surface area contributed by atoms with Crippen LogP contribution in [0, 0.1) is 5.92 Å². The summed E-state index contributed by atoms with van der Waals surface area (Å²) in [6.07, 6.45) is 4.71. The summed E-state index contributed by atoms with van der Waals surface area (Å²) < 4.78 is 10.8. The summed E-state index contributed by atoms with van der Waals surface area (Å²) in [5.41, 5.74) is 0.830. The number of hydrogen-bond acceptors (Lipinski definition) is 4. The van der Waals surface area contributed by atoms with E-state index in [2.05, 4.69) is 11.9 Å². The Morgan fingerprint density at radius 3 is 2.72 bits per heavy atom. The molecule has 0 saturated heterocycles. The first-order chi connectivity index (χ1) is 8.70. The van der Waals surface area contributed by atoms with E-state index in [4.69, 9.17) is 9.15 Å². The molecule has 1 aromatic heterocycles. The average molecular weight is 249 g/mol. The Hall–Kier alpha value is -1.32. The number of carbonyl (C=O) groups excluding carboxylic acids is 1. The topological polar surface area (TPSA) is 52.3 Å². The minimum atomic E-state index is -0.360. The van der Waals surface area contributed by atoms with Crippen molar-refractivity contribution in [2.75, 3.05) is 6.61 Å². The SMILES string of the molecule is CCOC(=O)c1oc(C(C)C2CC2)nc1C1CC1. The Kier molecular flexibility index (Phi) is 2.88. The van der Waals surface area contributed by atoms with Gasteiger partial charge in [-0.25, -0.2) is 9.78 Å². The number of carbonyl (C=O) groups is 1. The molecule has 0 aliphatic heterocycles. The first kappa shape index (κ1) is 11.8. The van der Waals surface area contributed by atoms with Gasteiger partial charge in [-0.1, -0.05) is 6.92 Å². The van der Waals surface area contributed by atoms with Gasteiger partial charge >= 0.3 is 5.97 Å². The molecule has 2 saturated carbocycles. The van der Waals surface area contributed by atoms with Crippen molar-refractivity contribution in [2.24, 2.45) is 5.92 Å². The van der Waals surface area contributed by atoms with Gasteiger partial charge in [-0.3, -0.25) is 0 Å². The van der Waals surface area contributed by atoms with E-state index in [0.717, 1.165) is 24.4 Å². The van der Waals surface area contributed by atoms with Crippen LogP contribution in [0.1, 0.15) is 73.5 Å². The highest BCUT2D eigenvalue weighted by molar-refractivity contribution is 5.87. The van der Waals surface area contributed by atoms with Gasteiger partial charge in [-0.2, -0.15) is 0 Å². The van der Waals surface area contributed by atoms with E-state index >= 15 is 0 Å². The van der Waals surface area contributed by atoms with Gasteiger partial charge in [-0.05, 0) is 38.5 Å². The molecule has 0 bridgehead atoms. The van der Waals surface area contributed by atoms with Crippen LogP contribution in [0.2, 0.25) is 0 Å². The number of ether oxygens (including phenoxy) is 1. The molecule has 2 aliphatic carbocycles.